The topological polar surface area (TPSA) is 68.6 Å². The van der Waals surface area contributed by atoms with E-state index < -0.39 is 0 Å². The standard InChI is InChI=1S/C26H32N4O3/c1-19-8-10-21(11-9-19)30-17-23(24(28-30)20-6-5-7-22(16-20)32-4)25(31)27-18-26(2,3)29-12-14-33-15-13-29/h5-11,16-17H,12-15,18H2,1-4H3,(H,27,31). The maximum atomic E-state index is 13.4. The third-order valence-corrected chi connectivity index (χ3v) is 6.15. The lowest BCUT2D eigenvalue weighted by molar-refractivity contribution is -0.00923. The minimum Gasteiger partial charge on any atom is -0.497 e. The van der Waals surface area contributed by atoms with Crippen LogP contribution in [0, 0.1) is 6.92 Å². The number of methoxy groups -OCH3 is 1. The van der Waals surface area contributed by atoms with Crippen LogP contribution in [0.5, 0.6) is 5.75 Å². The van der Waals surface area contributed by atoms with Gasteiger partial charge in [0.05, 0.1) is 31.6 Å². The highest BCUT2D eigenvalue weighted by Crippen LogP contribution is 2.27. The van der Waals surface area contributed by atoms with Gasteiger partial charge in [-0.15, -0.1) is 0 Å². The number of hydrogen-bond acceptors (Lipinski definition) is 5. The summed E-state index contributed by atoms with van der Waals surface area (Å²) in [6.45, 7) is 10.0. The molecule has 1 aliphatic heterocycles. The molecule has 1 fully saturated rings. The Morgan fingerprint density at radius 2 is 1.88 bits per heavy atom. The lowest BCUT2D eigenvalue weighted by atomic mass is 10.0. The Kier molecular flexibility index (Phi) is 6.81. The molecular weight excluding hydrogens is 416 g/mol. The van der Waals surface area contributed by atoms with Crippen LogP contribution in [-0.4, -0.2) is 66.1 Å². The molecule has 7 nitrogen and oxygen atoms in total. The first kappa shape index (κ1) is 23.0. The summed E-state index contributed by atoms with van der Waals surface area (Å²) in [6.07, 6.45) is 1.80. The fourth-order valence-electron chi connectivity index (χ4n) is 4.03. The molecule has 4 rings (SSSR count). The smallest absolute Gasteiger partial charge is 0.255 e. The van der Waals surface area contributed by atoms with Crippen molar-refractivity contribution in [3.8, 4) is 22.7 Å². The summed E-state index contributed by atoms with van der Waals surface area (Å²) >= 11 is 0. The van der Waals surface area contributed by atoms with E-state index in [0.29, 0.717) is 17.8 Å². The molecule has 0 saturated carbocycles. The number of ether oxygens (including phenoxy) is 2. The first-order valence-corrected chi connectivity index (χ1v) is 11.3. The van der Waals surface area contributed by atoms with Crippen molar-refractivity contribution < 1.29 is 14.3 Å². The van der Waals surface area contributed by atoms with Crippen molar-refractivity contribution in [2.75, 3.05) is 40.0 Å². The minimum absolute atomic E-state index is 0.146. The molecule has 0 bridgehead atoms. The lowest BCUT2D eigenvalue weighted by Gasteiger charge is -2.40. The van der Waals surface area contributed by atoms with Crippen LogP contribution in [0.3, 0.4) is 0 Å². The molecular formula is C26H32N4O3. The summed E-state index contributed by atoms with van der Waals surface area (Å²) in [5.74, 6) is 0.574. The lowest BCUT2D eigenvalue weighted by Crippen LogP contribution is -2.55. The number of nitrogens with one attached hydrogen (secondary N) is 1. The van der Waals surface area contributed by atoms with E-state index in [2.05, 4.69) is 24.1 Å². The predicted octanol–water partition coefficient (Wildman–Crippen LogP) is 3.70. The second kappa shape index (κ2) is 9.77. The maximum Gasteiger partial charge on any atom is 0.255 e. The molecule has 1 aliphatic rings. The predicted molar refractivity (Wildman–Crippen MR) is 129 cm³/mol. The van der Waals surface area contributed by atoms with Crippen LogP contribution in [0.1, 0.15) is 29.8 Å². The van der Waals surface area contributed by atoms with Crippen molar-refractivity contribution in [1.82, 2.24) is 20.0 Å². The molecule has 0 atom stereocenters. The molecule has 33 heavy (non-hydrogen) atoms. The van der Waals surface area contributed by atoms with Crippen LogP contribution in [-0.2, 0) is 4.74 Å². The van der Waals surface area contributed by atoms with Gasteiger partial charge in [-0.1, -0.05) is 29.8 Å². The number of carbonyl (C=O) groups excluding carboxylic acids is 1. The molecule has 1 amide bonds. The van der Waals surface area contributed by atoms with Gasteiger partial charge in [-0.3, -0.25) is 9.69 Å². The molecule has 1 N–H and O–H groups in total. The first-order valence-electron chi connectivity index (χ1n) is 11.3. The first-order chi connectivity index (χ1) is 15.9. The Morgan fingerprint density at radius 3 is 2.58 bits per heavy atom. The number of aromatic nitrogens is 2. The van der Waals surface area contributed by atoms with E-state index in [0.717, 1.165) is 43.3 Å². The number of carbonyl (C=O) groups is 1. The van der Waals surface area contributed by atoms with Crippen molar-refractivity contribution in [2.45, 2.75) is 26.3 Å². The molecule has 1 saturated heterocycles. The molecule has 174 valence electrons. The summed E-state index contributed by atoms with van der Waals surface area (Å²) in [6, 6.07) is 15.7. The van der Waals surface area contributed by atoms with Gasteiger partial charge in [-0.05, 0) is 45.0 Å². The van der Waals surface area contributed by atoms with Gasteiger partial charge in [-0.25, -0.2) is 4.68 Å². The number of rotatable bonds is 7. The summed E-state index contributed by atoms with van der Waals surface area (Å²) in [5, 5.41) is 7.93. The summed E-state index contributed by atoms with van der Waals surface area (Å²) < 4.78 is 12.6. The average molecular weight is 449 g/mol. The van der Waals surface area contributed by atoms with E-state index >= 15 is 0 Å². The third kappa shape index (κ3) is 5.26. The monoisotopic (exact) mass is 448 g/mol. The largest absolute Gasteiger partial charge is 0.497 e. The van der Waals surface area contributed by atoms with E-state index in [-0.39, 0.29) is 11.4 Å². The number of morpholine rings is 1. The van der Waals surface area contributed by atoms with Gasteiger partial charge in [0, 0.05) is 36.9 Å². The van der Waals surface area contributed by atoms with E-state index in [1.165, 1.54) is 5.56 Å². The van der Waals surface area contributed by atoms with Crippen LogP contribution in [0.2, 0.25) is 0 Å². The van der Waals surface area contributed by atoms with Gasteiger partial charge >= 0.3 is 0 Å². The van der Waals surface area contributed by atoms with Gasteiger partial charge in [0.1, 0.15) is 11.4 Å². The number of amides is 1. The quantitative estimate of drug-likeness (QED) is 0.597. The highest BCUT2D eigenvalue weighted by Gasteiger charge is 2.29. The van der Waals surface area contributed by atoms with E-state index in [1.807, 2.05) is 55.5 Å². The van der Waals surface area contributed by atoms with Crippen molar-refractivity contribution in [3.63, 3.8) is 0 Å². The van der Waals surface area contributed by atoms with Crippen LogP contribution >= 0.6 is 0 Å². The zero-order chi connectivity index (χ0) is 23.4. The van der Waals surface area contributed by atoms with Crippen LogP contribution in [0.25, 0.3) is 16.9 Å². The zero-order valence-corrected chi connectivity index (χ0v) is 19.8. The molecule has 0 spiro atoms. The normalized spacial score (nSPS) is 14.8. The molecule has 3 aromatic rings. The summed E-state index contributed by atoms with van der Waals surface area (Å²) in [5.41, 5.74) is 3.87. The second-order valence-electron chi connectivity index (χ2n) is 9.00. The van der Waals surface area contributed by atoms with Crippen molar-refractivity contribution in [1.29, 1.82) is 0 Å². The van der Waals surface area contributed by atoms with E-state index in [1.54, 1.807) is 18.0 Å². The average Bonchev–Trinajstić information content (AvgIpc) is 3.29. The molecule has 2 aromatic carbocycles. The minimum atomic E-state index is -0.178. The fraction of sp³-hybridized carbons (Fsp3) is 0.385. The number of benzene rings is 2. The van der Waals surface area contributed by atoms with E-state index in [4.69, 9.17) is 14.6 Å². The van der Waals surface area contributed by atoms with Crippen LogP contribution in [0.4, 0.5) is 0 Å². The second-order valence-corrected chi connectivity index (χ2v) is 9.00. The Balaban J connectivity index is 1.63. The van der Waals surface area contributed by atoms with Crippen LogP contribution < -0.4 is 10.1 Å². The number of aryl methyl sites for hydroxylation is 1. The van der Waals surface area contributed by atoms with E-state index in [9.17, 15) is 4.79 Å². The Labute approximate surface area is 195 Å². The molecule has 7 heteroatoms. The SMILES string of the molecule is COc1cccc(-c2nn(-c3ccc(C)cc3)cc2C(=O)NCC(C)(C)N2CCOCC2)c1. The maximum absolute atomic E-state index is 13.4. The zero-order valence-electron chi connectivity index (χ0n) is 19.8. The number of nitrogens with zero attached hydrogens (tertiary/aromatic N) is 3. The van der Waals surface area contributed by atoms with Crippen LogP contribution in [0.15, 0.2) is 54.7 Å². The molecule has 0 unspecified atom stereocenters. The summed E-state index contributed by atoms with van der Waals surface area (Å²) in [4.78, 5) is 15.7. The van der Waals surface area contributed by atoms with Crippen molar-refractivity contribution in [2.24, 2.45) is 0 Å². The third-order valence-electron chi connectivity index (χ3n) is 6.15. The Hall–Kier alpha value is -3.16. The van der Waals surface area contributed by atoms with Gasteiger partial charge < -0.3 is 14.8 Å². The van der Waals surface area contributed by atoms with Gasteiger partial charge in [-0.2, -0.15) is 5.10 Å². The Morgan fingerprint density at radius 1 is 1.15 bits per heavy atom. The molecule has 1 aromatic heterocycles. The molecule has 2 heterocycles. The number of hydrogen-bond donors (Lipinski definition) is 1. The van der Waals surface area contributed by atoms with Gasteiger partial charge in [0.2, 0.25) is 0 Å². The van der Waals surface area contributed by atoms with Crippen molar-refractivity contribution >= 4 is 5.91 Å². The van der Waals surface area contributed by atoms with Gasteiger partial charge in [0.15, 0.2) is 0 Å². The highest BCUT2D eigenvalue weighted by atomic mass is 16.5. The van der Waals surface area contributed by atoms with Gasteiger partial charge in [0.25, 0.3) is 5.91 Å². The fourth-order valence-corrected chi connectivity index (χ4v) is 4.03. The highest BCUT2D eigenvalue weighted by molar-refractivity contribution is 6.00. The van der Waals surface area contributed by atoms with Crippen molar-refractivity contribution in [3.05, 3.63) is 65.9 Å². The summed E-state index contributed by atoms with van der Waals surface area (Å²) in [7, 11) is 1.63. The molecule has 0 aliphatic carbocycles. The Bertz CT molecular complexity index is 1100. The molecule has 0 radical (unpaired) electrons.